The van der Waals surface area contributed by atoms with E-state index in [0.717, 1.165) is 0 Å². The summed E-state index contributed by atoms with van der Waals surface area (Å²) >= 11 is 3.24. The first-order chi connectivity index (χ1) is 2.00. The molecule has 0 atom stereocenters. The molecule has 0 heterocycles. The summed E-state index contributed by atoms with van der Waals surface area (Å²) in [6.07, 6.45) is 0. The molecule has 0 N–H and O–H groups in total. The van der Waals surface area contributed by atoms with Crippen LogP contribution in [-0.4, -0.2) is 22.5 Å². The van der Waals surface area contributed by atoms with Gasteiger partial charge in [-0.1, -0.05) is 0 Å². The molecule has 0 aromatic rings. The van der Waals surface area contributed by atoms with E-state index in [0.29, 0.717) is 22.5 Å². The van der Waals surface area contributed by atoms with Crippen LogP contribution >= 0.6 is 0 Å². The van der Waals surface area contributed by atoms with Crippen LogP contribution < -0.4 is 0 Å². The molecule has 3 radical (unpaired) electrons. The van der Waals surface area contributed by atoms with Gasteiger partial charge >= 0.3 is 45.4 Å². The van der Waals surface area contributed by atoms with Gasteiger partial charge in [-0.15, -0.1) is 0 Å². The zero-order chi connectivity index (χ0) is 4.00. The zero-order valence-electron chi connectivity index (χ0n) is 2.27. The van der Waals surface area contributed by atoms with E-state index < -0.39 is 0 Å². The number of hydrogen-bond acceptors (Lipinski definition) is 2. The summed E-state index contributed by atoms with van der Waals surface area (Å²) < 4.78 is 16.2. The van der Waals surface area contributed by atoms with Crippen LogP contribution in [0.25, 0.3) is 0 Å². The maximum atomic E-state index is 8.34. The topological polar surface area (TPSA) is 34.1 Å². The van der Waals surface area contributed by atoms with Gasteiger partial charge in [0.1, 0.15) is 0 Å². The molecular weight excluding hydrogens is 424 g/mol. The van der Waals surface area contributed by atoms with E-state index in [9.17, 15) is 0 Å². The average Bonchev–Trinajstić information content (AvgIpc) is 1.50. The molecule has 46 valence electrons. The van der Waals surface area contributed by atoms with Crippen molar-refractivity contribution in [1.29, 1.82) is 0 Å². The second-order valence-electron chi connectivity index (χ2n) is 0. The molecular formula is CuO2PdRhSn. The first-order valence-corrected chi connectivity index (χ1v) is 1.88. The predicted octanol–water partition coefficient (Wildman–Crippen LogP) is -0.626. The van der Waals surface area contributed by atoms with E-state index in [4.69, 9.17) is 6.91 Å². The molecule has 2 nitrogen and oxygen atoms in total. The van der Waals surface area contributed by atoms with Gasteiger partial charge in [0.2, 0.25) is 0 Å². The standard InChI is InChI=1S/Cu.2O.Pd.Rh.Sn. The van der Waals surface area contributed by atoms with E-state index in [1.807, 2.05) is 0 Å². The predicted molar refractivity (Wildman–Crippen MR) is 7.13 cm³/mol. The summed E-state index contributed by atoms with van der Waals surface area (Å²) in [4.78, 5) is 0. The van der Waals surface area contributed by atoms with Crippen molar-refractivity contribution >= 4 is 22.5 Å². The summed E-state index contributed by atoms with van der Waals surface area (Å²) in [5, 5.41) is 0. The van der Waals surface area contributed by atoms with Gasteiger partial charge in [-0.05, 0) is 0 Å². The Kier molecular flexibility index (Phi) is 229. The quantitative estimate of drug-likeness (QED) is 0.487. The van der Waals surface area contributed by atoms with Crippen molar-refractivity contribution in [2.75, 3.05) is 0 Å². The van der Waals surface area contributed by atoms with Crippen LogP contribution in [0.1, 0.15) is 0 Å². The Balaban J connectivity index is -0.00000000500. The minimum Gasteiger partial charge on any atom is 0 e. The second-order valence-corrected chi connectivity index (χ2v) is 0. The second kappa shape index (κ2) is 57.1. The van der Waals surface area contributed by atoms with E-state index in [1.54, 1.807) is 0 Å². The van der Waals surface area contributed by atoms with E-state index in [1.165, 1.54) is 0 Å². The molecule has 0 aromatic carbocycles. The molecule has 0 aliphatic carbocycles. The summed E-state index contributed by atoms with van der Waals surface area (Å²) in [6.45, 7) is 0. The van der Waals surface area contributed by atoms with E-state index in [-0.39, 0.29) is 39.9 Å². The van der Waals surface area contributed by atoms with Crippen LogP contribution in [0.5, 0.6) is 0 Å². The van der Waals surface area contributed by atoms with Gasteiger partial charge in [-0.25, -0.2) is 0 Å². The molecule has 0 rings (SSSR count). The molecule has 6 heteroatoms. The number of hydrogen-bond donors (Lipinski definition) is 0. The molecule has 0 saturated carbocycles. The molecule has 0 saturated heterocycles. The Hall–Kier alpha value is 2.20. The van der Waals surface area contributed by atoms with Crippen LogP contribution in [0.15, 0.2) is 0 Å². The summed E-state index contributed by atoms with van der Waals surface area (Å²) in [5.74, 6) is 0. The Morgan fingerprint density at radius 1 is 1.17 bits per heavy atom. The Morgan fingerprint density at radius 2 is 1.17 bits per heavy atom. The van der Waals surface area contributed by atoms with Crippen molar-refractivity contribution in [3.63, 3.8) is 0 Å². The third kappa shape index (κ3) is 34.6. The Bertz CT molecular complexity index is 15.5. The van der Waals surface area contributed by atoms with Crippen LogP contribution in [0.3, 0.4) is 0 Å². The molecule has 0 aromatic heterocycles. The van der Waals surface area contributed by atoms with Gasteiger partial charge in [-0.3, -0.25) is 0 Å². The Morgan fingerprint density at radius 3 is 1.17 bits per heavy atom. The van der Waals surface area contributed by atoms with Gasteiger partial charge in [-0.2, -0.15) is 0 Å². The summed E-state index contributed by atoms with van der Waals surface area (Å²) in [6, 6.07) is 0. The first-order valence-electron chi connectivity index (χ1n) is 0.327. The minimum absolute atomic E-state index is 0. The molecule has 0 bridgehead atoms. The molecule has 0 fully saturated rings. The summed E-state index contributed by atoms with van der Waals surface area (Å²) in [7, 11) is 0. The maximum Gasteiger partial charge on any atom is 0 e. The third-order valence-corrected chi connectivity index (χ3v) is 0. The zero-order valence-corrected chi connectivity index (χ0v) is 9.26. The van der Waals surface area contributed by atoms with Crippen molar-refractivity contribution in [1.82, 2.24) is 0 Å². The molecule has 0 unspecified atom stereocenters. The third-order valence-electron chi connectivity index (χ3n) is 0. The molecule has 0 spiro atoms. The van der Waals surface area contributed by atoms with Gasteiger partial charge in [0.05, 0.1) is 0 Å². The van der Waals surface area contributed by atoms with Gasteiger partial charge in [0.25, 0.3) is 0 Å². The Labute approximate surface area is 84.1 Å². The monoisotopic (exact) mass is 424 g/mol. The maximum absolute atomic E-state index is 8.34. The van der Waals surface area contributed by atoms with E-state index in [2.05, 4.69) is 15.9 Å². The van der Waals surface area contributed by atoms with Crippen LogP contribution in [-0.2, 0) is 62.8 Å². The smallest absolute Gasteiger partial charge is 0 e. The van der Waals surface area contributed by atoms with Gasteiger partial charge in [0.15, 0.2) is 0 Å². The van der Waals surface area contributed by atoms with Crippen LogP contribution in [0, 0.1) is 0 Å². The van der Waals surface area contributed by atoms with Gasteiger partial charge < -0.3 is 0 Å². The minimum atomic E-state index is 0. The molecule has 6 heavy (non-hydrogen) atoms. The van der Waals surface area contributed by atoms with Crippen molar-refractivity contribution in [2.45, 2.75) is 0 Å². The van der Waals surface area contributed by atoms with Crippen molar-refractivity contribution in [3.8, 4) is 0 Å². The fraction of sp³-hybridized carbons (Fsp3) is 0. The normalized spacial score (nSPS) is 1.67. The van der Waals surface area contributed by atoms with Crippen molar-refractivity contribution < 1.29 is 62.8 Å². The SMILES string of the molecule is [O]=[Cu].[O]=[Sn].[Pd].[Rh]. The van der Waals surface area contributed by atoms with Crippen LogP contribution in [0.4, 0.5) is 0 Å². The fourth-order valence-corrected chi connectivity index (χ4v) is 0. The fourth-order valence-electron chi connectivity index (χ4n) is 0. The van der Waals surface area contributed by atoms with Gasteiger partial charge in [0, 0.05) is 39.9 Å². The van der Waals surface area contributed by atoms with Crippen molar-refractivity contribution in [3.05, 3.63) is 0 Å². The van der Waals surface area contributed by atoms with E-state index >= 15 is 0 Å². The molecule has 0 aliphatic rings. The van der Waals surface area contributed by atoms with Crippen LogP contribution in [0.2, 0.25) is 0 Å². The first kappa shape index (κ1) is 24.1. The largest absolute Gasteiger partial charge is 0 e. The average molecular weight is 424 g/mol. The molecule has 0 aliphatic heterocycles. The van der Waals surface area contributed by atoms with Crippen molar-refractivity contribution in [2.24, 2.45) is 0 Å². The molecule has 0 amide bonds. The summed E-state index contributed by atoms with van der Waals surface area (Å²) in [5.41, 5.74) is 0. The number of rotatable bonds is 0.